The second-order valence-corrected chi connectivity index (χ2v) is 7.66. The topological polar surface area (TPSA) is 117 Å². The van der Waals surface area contributed by atoms with Crippen LogP contribution in [0, 0.1) is 15.9 Å². The van der Waals surface area contributed by atoms with E-state index in [1.54, 1.807) is 24.3 Å². The van der Waals surface area contributed by atoms with E-state index >= 15 is 0 Å². The van der Waals surface area contributed by atoms with Crippen molar-refractivity contribution in [2.24, 2.45) is 0 Å². The van der Waals surface area contributed by atoms with Crippen molar-refractivity contribution in [3.63, 3.8) is 0 Å². The monoisotopic (exact) mass is 452 g/mol. The van der Waals surface area contributed by atoms with E-state index in [4.69, 9.17) is 17.3 Å². The van der Waals surface area contributed by atoms with Crippen LogP contribution in [0.3, 0.4) is 0 Å². The van der Waals surface area contributed by atoms with Gasteiger partial charge in [-0.05, 0) is 49.0 Å². The summed E-state index contributed by atoms with van der Waals surface area (Å²) >= 11 is 6.35. The number of halogens is 1. The summed E-state index contributed by atoms with van der Waals surface area (Å²) < 4.78 is 13.4. The van der Waals surface area contributed by atoms with Crippen LogP contribution in [0.15, 0.2) is 52.3 Å². The fourth-order valence-electron chi connectivity index (χ4n) is 2.40. The van der Waals surface area contributed by atoms with E-state index in [2.05, 4.69) is 16.0 Å². The van der Waals surface area contributed by atoms with Crippen LogP contribution >= 0.6 is 24.0 Å². The van der Waals surface area contributed by atoms with Gasteiger partial charge in [0.2, 0.25) is 0 Å². The first kappa shape index (κ1) is 23.4. The van der Waals surface area contributed by atoms with E-state index in [1.807, 2.05) is 0 Å². The minimum absolute atomic E-state index is 0.0307. The normalized spacial score (nSPS) is 10.3. The van der Waals surface area contributed by atoms with E-state index in [9.17, 15) is 19.3 Å². The van der Waals surface area contributed by atoms with Gasteiger partial charge in [-0.25, -0.2) is 4.39 Å². The number of anilines is 1. The van der Waals surface area contributed by atoms with E-state index in [0.29, 0.717) is 35.2 Å². The molecule has 0 fully saturated rings. The molecule has 0 heterocycles. The molecule has 0 aromatic heterocycles. The Kier molecular flexibility index (Phi) is 9.29. The second kappa shape index (κ2) is 11.9. The molecule has 2 aromatic rings. The average Bonchev–Trinajstić information content (AvgIpc) is 2.67. The number of thiocarbonyl (C=S) groups is 1. The van der Waals surface area contributed by atoms with Crippen LogP contribution < -0.4 is 16.0 Å². The molecule has 0 atom stereocenters. The Labute approximate surface area is 182 Å². The quantitative estimate of drug-likeness (QED) is 0.175. The van der Waals surface area contributed by atoms with Gasteiger partial charge >= 0.3 is 5.97 Å². The third kappa shape index (κ3) is 8.21. The molecule has 0 aliphatic heterocycles. The highest BCUT2D eigenvalue weighted by Gasteiger charge is 2.14. The lowest BCUT2D eigenvalue weighted by Crippen LogP contribution is -2.37. The molecule has 0 radical (unpaired) electrons. The van der Waals surface area contributed by atoms with E-state index in [1.165, 1.54) is 30.0 Å². The van der Waals surface area contributed by atoms with Crippen LogP contribution in [0.25, 0.3) is 0 Å². The van der Waals surface area contributed by atoms with Gasteiger partial charge in [-0.15, -0.1) is 0 Å². The molecular formula is C19H21FN4O4S2. The van der Waals surface area contributed by atoms with Crippen molar-refractivity contribution in [2.75, 3.05) is 25.0 Å². The Bertz CT molecular complexity index is 914. The van der Waals surface area contributed by atoms with Crippen LogP contribution in [-0.2, 0) is 4.79 Å². The van der Waals surface area contributed by atoms with Crippen LogP contribution in [0.2, 0.25) is 0 Å². The number of nitro benzene ring substituents is 1. The molecule has 8 nitrogen and oxygen atoms in total. The first-order valence-corrected chi connectivity index (χ1v) is 10.3. The van der Waals surface area contributed by atoms with Crippen LogP contribution in [0.5, 0.6) is 0 Å². The maximum Gasteiger partial charge on any atom is 0.305 e. The Morgan fingerprint density at radius 3 is 2.57 bits per heavy atom. The van der Waals surface area contributed by atoms with Crippen molar-refractivity contribution in [3.8, 4) is 0 Å². The van der Waals surface area contributed by atoms with Crippen molar-refractivity contribution >= 4 is 46.4 Å². The highest BCUT2D eigenvalue weighted by atomic mass is 32.2. The molecule has 0 bridgehead atoms. The van der Waals surface area contributed by atoms with Crippen molar-refractivity contribution < 1.29 is 19.2 Å². The smallest absolute Gasteiger partial charge is 0.305 e. The third-order valence-corrected chi connectivity index (χ3v) is 5.04. The van der Waals surface area contributed by atoms with Crippen molar-refractivity contribution in [2.45, 2.75) is 22.6 Å². The maximum atomic E-state index is 13.4. The molecule has 0 aliphatic carbocycles. The molecule has 0 saturated heterocycles. The van der Waals surface area contributed by atoms with Gasteiger partial charge in [0.15, 0.2) is 5.11 Å². The van der Waals surface area contributed by atoms with Gasteiger partial charge in [0.25, 0.3) is 5.69 Å². The standard InChI is InChI=1S/C19H21FN4O4S2/c20-13-3-1-4-14(11-13)30-15-5-6-17(24(27)28)16(12-15)21-8-2-9-22-19(29)23-10-7-18(25)26/h1,3-6,11-12,21H,2,7-10H2,(H,25,26)(H2,22,23,29). The number of nitrogens with one attached hydrogen (secondary N) is 3. The summed E-state index contributed by atoms with van der Waals surface area (Å²) in [6.07, 6.45) is 0.593. The number of benzene rings is 2. The number of carbonyl (C=O) groups is 1. The van der Waals surface area contributed by atoms with E-state index < -0.39 is 10.9 Å². The van der Waals surface area contributed by atoms with Crippen molar-refractivity contribution in [1.82, 2.24) is 10.6 Å². The van der Waals surface area contributed by atoms with Gasteiger partial charge in [0, 0.05) is 35.5 Å². The number of hydrogen-bond acceptors (Lipinski definition) is 6. The van der Waals surface area contributed by atoms with Crippen LogP contribution in [0.1, 0.15) is 12.8 Å². The third-order valence-electron chi connectivity index (χ3n) is 3.78. The molecule has 0 unspecified atom stereocenters. The summed E-state index contributed by atoms with van der Waals surface area (Å²) in [5.74, 6) is -1.25. The maximum absolute atomic E-state index is 13.4. The average molecular weight is 453 g/mol. The molecule has 2 aromatic carbocycles. The van der Waals surface area contributed by atoms with Gasteiger partial charge in [0.05, 0.1) is 11.3 Å². The summed E-state index contributed by atoms with van der Waals surface area (Å²) in [5.41, 5.74) is 0.334. The molecule has 0 amide bonds. The summed E-state index contributed by atoms with van der Waals surface area (Å²) in [6, 6.07) is 10.8. The molecule has 160 valence electrons. The highest BCUT2D eigenvalue weighted by molar-refractivity contribution is 7.99. The molecule has 4 N–H and O–H groups in total. The van der Waals surface area contributed by atoms with E-state index in [-0.39, 0.29) is 24.5 Å². The predicted octanol–water partition coefficient (Wildman–Crippen LogP) is 3.63. The summed E-state index contributed by atoms with van der Waals surface area (Å²) in [6.45, 7) is 1.21. The lowest BCUT2D eigenvalue weighted by atomic mass is 10.2. The zero-order valence-corrected chi connectivity index (χ0v) is 17.5. The van der Waals surface area contributed by atoms with Crippen molar-refractivity contribution in [1.29, 1.82) is 0 Å². The Morgan fingerprint density at radius 2 is 1.87 bits per heavy atom. The molecule has 2 rings (SSSR count). The lowest BCUT2D eigenvalue weighted by molar-refractivity contribution is -0.384. The Morgan fingerprint density at radius 1 is 1.13 bits per heavy atom. The van der Waals surface area contributed by atoms with Gasteiger partial charge in [-0.1, -0.05) is 17.8 Å². The minimum Gasteiger partial charge on any atom is -0.481 e. The number of hydrogen-bond donors (Lipinski definition) is 4. The summed E-state index contributed by atoms with van der Waals surface area (Å²) in [5, 5.41) is 29.0. The number of carboxylic acids is 1. The fourth-order valence-corrected chi connectivity index (χ4v) is 3.51. The first-order chi connectivity index (χ1) is 14.3. The predicted molar refractivity (Wildman–Crippen MR) is 118 cm³/mol. The van der Waals surface area contributed by atoms with Gasteiger partial charge in [-0.2, -0.15) is 0 Å². The number of nitro groups is 1. The SMILES string of the molecule is O=C(O)CCNC(=S)NCCCNc1cc(Sc2cccc(F)c2)ccc1[N+](=O)[O-]. The lowest BCUT2D eigenvalue weighted by Gasteiger charge is -2.11. The van der Waals surface area contributed by atoms with Crippen LogP contribution in [-0.4, -0.2) is 40.7 Å². The molecular weight excluding hydrogens is 431 g/mol. The van der Waals surface area contributed by atoms with Crippen LogP contribution in [0.4, 0.5) is 15.8 Å². The van der Waals surface area contributed by atoms with Crippen molar-refractivity contribution in [3.05, 3.63) is 58.4 Å². The van der Waals surface area contributed by atoms with E-state index in [0.717, 1.165) is 4.90 Å². The molecule has 0 spiro atoms. The first-order valence-electron chi connectivity index (χ1n) is 9.04. The Hall–Kier alpha value is -2.92. The fraction of sp³-hybridized carbons (Fsp3) is 0.263. The molecule has 0 saturated carbocycles. The largest absolute Gasteiger partial charge is 0.481 e. The Balaban J connectivity index is 1.86. The van der Waals surface area contributed by atoms with Gasteiger partial charge in [-0.3, -0.25) is 14.9 Å². The van der Waals surface area contributed by atoms with Gasteiger partial charge in [0.1, 0.15) is 11.5 Å². The number of aliphatic carboxylic acids is 1. The number of carboxylic acid groups (broad SMARTS) is 1. The summed E-state index contributed by atoms with van der Waals surface area (Å²) in [4.78, 5) is 22.7. The second-order valence-electron chi connectivity index (χ2n) is 6.10. The zero-order chi connectivity index (χ0) is 21.9. The molecule has 30 heavy (non-hydrogen) atoms. The summed E-state index contributed by atoms with van der Waals surface area (Å²) in [7, 11) is 0. The number of rotatable bonds is 11. The highest BCUT2D eigenvalue weighted by Crippen LogP contribution is 2.34. The number of nitrogens with zero attached hydrogens (tertiary/aromatic N) is 1. The van der Waals surface area contributed by atoms with Gasteiger partial charge < -0.3 is 21.1 Å². The molecule has 11 heteroatoms. The minimum atomic E-state index is -0.908. The zero-order valence-electron chi connectivity index (χ0n) is 15.9. The molecule has 0 aliphatic rings.